The topological polar surface area (TPSA) is 74.9 Å². The zero-order valence-electron chi connectivity index (χ0n) is 14.5. The van der Waals surface area contributed by atoms with Crippen LogP contribution in [-0.2, 0) is 16.1 Å². The van der Waals surface area contributed by atoms with Crippen LogP contribution in [0, 0.1) is 18.3 Å². The van der Waals surface area contributed by atoms with Crippen molar-refractivity contribution in [1.82, 2.24) is 5.01 Å². The molecule has 26 heavy (non-hydrogen) atoms. The number of nitriles is 1. The molecule has 0 radical (unpaired) electrons. The number of nitrogens with zero attached hydrogens (tertiary/aromatic N) is 3. The lowest BCUT2D eigenvalue weighted by molar-refractivity contribution is -0.135. The molecule has 0 spiro atoms. The Balaban J connectivity index is 1.65. The van der Waals surface area contributed by atoms with Crippen molar-refractivity contribution in [2.45, 2.75) is 20.0 Å². The van der Waals surface area contributed by atoms with Gasteiger partial charge >= 0.3 is 0 Å². The molecule has 0 saturated heterocycles. The largest absolute Gasteiger partial charge is 0.489 e. The maximum absolute atomic E-state index is 11.7. The number of rotatable bonds is 6. The number of hydrogen-bond acceptors (Lipinski definition) is 5. The van der Waals surface area contributed by atoms with E-state index in [1.54, 1.807) is 0 Å². The maximum Gasteiger partial charge on any atom is 0.280 e. The summed E-state index contributed by atoms with van der Waals surface area (Å²) in [4.78, 5) is 11.7. The first-order valence-electron chi connectivity index (χ1n) is 8.33. The van der Waals surface area contributed by atoms with Gasteiger partial charge in [0.05, 0.1) is 19.0 Å². The van der Waals surface area contributed by atoms with Gasteiger partial charge in [0, 0.05) is 5.56 Å². The van der Waals surface area contributed by atoms with Gasteiger partial charge in [0.25, 0.3) is 5.91 Å². The Morgan fingerprint density at radius 1 is 1.27 bits per heavy atom. The molecule has 0 saturated carbocycles. The van der Waals surface area contributed by atoms with E-state index in [0.717, 1.165) is 16.9 Å². The highest BCUT2D eigenvalue weighted by Crippen LogP contribution is 2.17. The lowest BCUT2D eigenvalue weighted by Gasteiger charge is -2.23. The van der Waals surface area contributed by atoms with Gasteiger partial charge in [-0.1, -0.05) is 29.8 Å². The second-order valence-electron chi connectivity index (χ2n) is 5.92. The van der Waals surface area contributed by atoms with E-state index in [-0.39, 0.29) is 25.5 Å². The molecule has 1 aliphatic heterocycles. The summed E-state index contributed by atoms with van der Waals surface area (Å²) < 4.78 is 11.2. The summed E-state index contributed by atoms with van der Waals surface area (Å²) >= 11 is 0. The van der Waals surface area contributed by atoms with Crippen molar-refractivity contribution < 1.29 is 14.3 Å². The molecule has 2 aromatic carbocycles. The van der Waals surface area contributed by atoms with Crippen LogP contribution in [0.1, 0.15) is 23.1 Å². The molecular weight excluding hydrogens is 330 g/mol. The molecule has 0 aliphatic carbocycles. The Labute approximate surface area is 152 Å². The standard InChI is InChI=1S/C20H19N3O3/c1-15-4-2-5-16(12-15)13-25-18-8-6-17(7-9-18)20-22-23(11-3-10-21)19(24)14-26-20/h2,4-9,12H,3,11,13-14H2,1H3. The van der Waals surface area contributed by atoms with Crippen LogP contribution in [0.4, 0.5) is 0 Å². The fraction of sp³-hybridized carbons (Fsp3) is 0.250. The third-order valence-corrected chi connectivity index (χ3v) is 3.86. The van der Waals surface area contributed by atoms with E-state index >= 15 is 0 Å². The number of amides is 1. The molecule has 0 N–H and O–H groups in total. The Morgan fingerprint density at radius 2 is 2.08 bits per heavy atom. The predicted molar refractivity (Wildman–Crippen MR) is 96.4 cm³/mol. The first kappa shape index (κ1) is 17.5. The summed E-state index contributed by atoms with van der Waals surface area (Å²) in [5, 5.41) is 14.1. The van der Waals surface area contributed by atoms with Crippen LogP contribution < -0.4 is 4.74 Å². The van der Waals surface area contributed by atoms with Crippen LogP contribution in [0.15, 0.2) is 53.6 Å². The molecule has 6 heteroatoms. The average molecular weight is 349 g/mol. The van der Waals surface area contributed by atoms with Crippen molar-refractivity contribution in [3.8, 4) is 11.8 Å². The van der Waals surface area contributed by atoms with Crippen LogP contribution in [0.25, 0.3) is 0 Å². The van der Waals surface area contributed by atoms with E-state index in [4.69, 9.17) is 14.7 Å². The first-order chi connectivity index (χ1) is 12.7. The van der Waals surface area contributed by atoms with Crippen molar-refractivity contribution in [3.05, 3.63) is 65.2 Å². The van der Waals surface area contributed by atoms with Gasteiger partial charge < -0.3 is 9.47 Å². The first-order valence-corrected chi connectivity index (χ1v) is 8.33. The number of carbonyl (C=O) groups excluding carboxylic acids is 1. The molecule has 6 nitrogen and oxygen atoms in total. The van der Waals surface area contributed by atoms with Gasteiger partial charge in [0.15, 0.2) is 6.61 Å². The second kappa shape index (κ2) is 8.17. The van der Waals surface area contributed by atoms with E-state index in [1.165, 1.54) is 10.6 Å². The van der Waals surface area contributed by atoms with Gasteiger partial charge in [-0.3, -0.25) is 4.79 Å². The monoisotopic (exact) mass is 349 g/mol. The van der Waals surface area contributed by atoms with Crippen molar-refractivity contribution in [2.75, 3.05) is 13.2 Å². The number of carbonyl (C=O) groups is 1. The zero-order chi connectivity index (χ0) is 18.4. The minimum atomic E-state index is -0.248. The molecule has 0 aromatic heterocycles. The highest BCUT2D eigenvalue weighted by molar-refractivity contribution is 5.98. The lowest BCUT2D eigenvalue weighted by atomic mass is 10.1. The van der Waals surface area contributed by atoms with Gasteiger partial charge in [-0.05, 0) is 36.8 Å². The van der Waals surface area contributed by atoms with Crippen LogP contribution in [0.2, 0.25) is 0 Å². The molecule has 0 unspecified atom stereocenters. The fourth-order valence-electron chi connectivity index (χ4n) is 2.53. The number of benzene rings is 2. The quantitative estimate of drug-likeness (QED) is 0.803. The highest BCUT2D eigenvalue weighted by atomic mass is 16.5. The molecule has 132 valence electrons. The third-order valence-electron chi connectivity index (χ3n) is 3.86. The van der Waals surface area contributed by atoms with Crippen LogP contribution in [-0.4, -0.2) is 30.0 Å². The van der Waals surface area contributed by atoms with Gasteiger partial charge in [-0.25, -0.2) is 5.01 Å². The predicted octanol–water partition coefficient (Wildman–Crippen LogP) is 3.01. The van der Waals surface area contributed by atoms with Crippen LogP contribution in [0.5, 0.6) is 5.75 Å². The van der Waals surface area contributed by atoms with E-state index < -0.39 is 0 Å². The van der Waals surface area contributed by atoms with Gasteiger partial charge in [0.2, 0.25) is 5.90 Å². The average Bonchev–Trinajstić information content (AvgIpc) is 2.66. The van der Waals surface area contributed by atoms with Crippen LogP contribution in [0.3, 0.4) is 0 Å². The lowest BCUT2D eigenvalue weighted by Crippen LogP contribution is -2.37. The Hall–Kier alpha value is -3.33. The number of hydrogen-bond donors (Lipinski definition) is 0. The Morgan fingerprint density at radius 3 is 2.81 bits per heavy atom. The summed E-state index contributed by atoms with van der Waals surface area (Å²) in [6.07, 6.45) is 0.230. The zero-order valence-corrected chi connectivity index (χ0v) is 14.5. The molecule has 1 heterocycles. The third kappa shape index (κ3) is 4.39. The normalized spacial score (nSPS) is 13.6. The van der Waals surface area contributed by atoms with E-state index in [1.807, 2.05) is 55.5 Å². The molecule has 1 aliphatic rings. The number of ether oxygens (including phenoxy) is 2. The molecule has 1 amide bonds. The van der Waals surface area contributed by atoms with E-state index in [2.05, 4.69) is 11.2 Å². The SMILES string of the molecule is Cc1cccc(COc2ccc(C3=NN(CCC#N)C(=O)CO3)cc2)c1. The van der Waals surface area contributed by atoms with E-state index in [0.29, 0.717) is 12.5 Å². The second-order valence-corrected chi connectivity index (χ2v) is 5.92. The Kier molecular flexibility index (Phi) is 5.49. The maximum atomic E-state index is 11.7. The van der Waals surface area contributed by atoms with Gasteiger partial charge in [-0.2, -0.15) is 5.26 Å². The molecule has 3 rings (SSSR count). The van der Waals surface area contributed by atoms with Crippen molar-refractivity contribution in [3.63, 3.8) is 0 Å². The van der Waals surface area contributed by atoms with Gasteiger partial charge in [-0.15, -0.1) is 5.10 Å². The summed E-state index contributed by atoms with van der Waals surface area (Å²) in [5.41, 5.74) is 3.06. The summed E-state index contributed by atoms with van der Waals surface area (Å²) in [6, 6.07) is 17.5. The van der Waals surface area contributed by atoms with Crippen molar-refractivity contribution in [2.24, 2.45) is 5.10 Å². The highest BCUT2D eigenvalue weighted by Gasteiger charge is 2.22. The minimum Gasteiger partial charge on any atom is -0.489 e. The Bertz CT molecular complexity index is 853. The van der Waals surface area contributed by atoms with Crippen LogP contribution >= 0.6 is 0 Å². The molecule has 0 atom stereocenters. The van der Waals surface area contributed by atoms with Crippen molar-refractivity contribution >= 4 is 11.8 Å². The molecular formula is C20H19N3O3. The molecule has 0 bridgehead atoms. The fourth-order valence-corrected chi connectivity index (χ4v) is 2.53. The summed E-state index contributed by atoms with van der Waals surface area (Å²) in [6.45, 7) is 2.73. The number of aryl methyl sites for hydroxylation is 1. The van der Waals surface area contributed by atoms with E-state index in [9.17, 15) is 4.79 Å². The van der Waals surface area contributed by atoms with Gasteiger partial charge in [0.1, 0.15) is 12.4 Å². The smallest absolute Gasteiger partial charge is 0.280 e. The summed E-state index contributed by atoms with van der Waals surface area (Å²) in [7, 11) is 0. The molecule has 2 aromatic rings. The summed E-state index contributed by atoms with van der Waals surface area (Å²) in [5.74, 6) is 0.860. The minimum absolute atomic E-state index is 0.0735. The molecule has 0 fully saturated rings. The van der Waals surface area contributed by atoms with Crippen molar-refractivity contribution in [1.29, 1.82) is 5.26 Å². The number of hydrazone groups is 1.